The summed E-state index contributed by atoms with van der Waals surface area (Å²) in [6, 6.07) is 13.2. The Labute approximate surface area is 180 Å². The molecule has 2 amide bonds. The van der Waals surface area contributed by atoms with Crippen molar-refractivity contribution in [1.29, 1.82) is 0 Å². The highest BCUT2D eigenvalue weighted by Crippen LogP contribution is 2.47. The van der Waals surface area contributed by atoms with Crippen LogP contribution in [-0.4, -0.2) is 23.3 Å². The number of hydrogen-bond donors (Lipinski definition) is 2. The van der Waals surface area contributed by atoms with Gasteiger partial charge in [0.05, 0.1) is 5.69 Å². The maximum atomic E-state index is 12.3. The Morgan fingerprint density at radius 1 is 1.06 bits per heavy atom. The van der Waals surface area contributed by atoms with Crippen LogP contribution in [0.2, 0.25) is 0 Å². The molecule has 2 heterocycles. The minimum atomic E-state index is -0.502. The molecule has 1 spiro atoms. The number of carbonyl (C=O) groups excluding carboxylic acids is 1. The first-order valence-corrected chi connectivity index (χ1v) is 10.7. The number of amides is 2. The van der Waals surface area contributed by atoms with Crippen LogP contribution < -0.4 is 20.1 Å². The van der Waals surface area contributed by atoms with Crippen molar-refractivity contribution in [3.05, 3.63) is 60.0 Å². The third kappa shape index (κ3) is 4.21. The van der Waals surface area contributed by atoms with Crippen LogP contribution in [0.15, 0.2) is 53.1 Å². The predicted molar refractivity (Wildman–Crippen MR) is 116 cm³/mol. The van der Waals surface area contributed by atoms with E-state index in [9.17, 15) is 4.79 Å². The molecule has 3 aromatic rings. The van der Waals surface area contributed by atoms with Gasteiger partial charge in [-0.3, -0.25) is 0 Å². The zero-order valence-electron chi connectivity index (χ0n) is 17.4. The van der Waals surface area contributed by atoms with Crippen molar-refractivity contribution in [1.82, 2.24) is 10.3 Å². The average molecular weight is 419 g/mol. The molecule has 1 aliphatic carbocycles. The van der Waals surface area contributed by atoms with E-state index in [1.165, 1.54) is 5.56 Å². The Morgan fingerprint density at radius 3 is 2.65 bits per heavy atom. The van der Waals surface area contributed by atoms with Gasteiger partial charge in [-0.15, -0.1) is 0 Å². The van der Waals surface area contributed by atoms with Crippen LogP contribution in [0.4, 0.5) is 10.5 Å². The predicted octanol–water partition coefficient (Wildman–Crippen LogP) is 5.06. The molecule has 0 radical (unpaired) electrons. The molecule has 1 fully saturated rings. The van der Waals surface area contributed by atoms with Crippen molar-refractivity contribution in [2.24, 2.45) is 0 Å². The van der Waals surface area contributed by atoms with Crippen molar-refractivity contribution < 1.29 is 18.7 Å². The molecule has 1 saturated carbocycles. The molecule has 0 bridgehead atoms. The molecule has 0 unspecified atom stereocenters. The number of oxazole rings is 1. The van der Waals surface area contributed by atoms with Crippen molar-refractivity contribution >= 4 is 11.7 Å². The van der Waals surface area contributed by atoms with Crippen molar-refractivity contribution in [3.8, 4) is 23.0 Å². The fourth-order valence-electron chi connectivity index (χ4n) is 4.02. The molecule has 2 N–H and O–H groups in total. The minimum absolute atomic E-state index is 0.281. The summed E-state index contributed by atoms with van der Waals surface area (Å²) < 4.78 is 17.6. The number of aromatic nitrogens is 1. The molecule has 1 aromatic heterocycles. The van der Waals surface area contributed by atoms with Crippen LogP contribution in [0.5, 0.6) is 11.5 Å². The smallest absolute Gasteiger partial charge is 0.319 e. The number of anilines is 1. The van der Waals surface area contributed by atoms with E-state index >= 15 is 0 Å². The second-order valence-corrected chi connectivity index (χ2v) is 8.12. The molecule has 0 atom stereocenters. The Balaban J connectivity index is 1.12. The number of nitrogens with zero attached hydrogens (tertiary/aromatic N) is 1. The number of carbonyl (C=O) groups is 1. The van der Waals surface area contributed by atoms with Gasteiger partial charge in [0.25, 0.3) is 5.79 Å². The zero-order valence-corrected chi connectivity index (χ0v) is 17.4. The normalized spacial score (nSPS) is 15.9. The SMILES string of the molecule is Cc1ccc(-c2nc(CCNC(=O)Nc3ccc4c(c3)OC3(CCCC3)O4)co2)cc1. The molecule has 160 valence electrons. The van der Waals surface area contributed by atoms with E-state index in [0.29, 0.717) is 30.3 Å². The third-order valence-corrected chi connectivity index (χ3v) is 5.68. The third-order valence-electron chi connectivity index (χ3n) is 5.68. The fourth-order valence-corrected chi connectivity index (χ4v) is 4.02. The summed E-state index contributed by atoms with van der Waals surface area (Å²) in [5.41, 5.74) is 3.58. The zero-order chi connectivity index (χ0) is 21.3. The van der Waals surface area contributed by atoms with Crippen LogP contribution in [0, 0.1) is 6.92 Å². The Hall–Kier alpha value is -3.48. The molecule has 1 aliphatic heterocycles. The molecular formula is C24H25N3O4. The van der Waals surface area contributed by atoms with Crippen LogP contribution >= 0.6 is 0 Å². The van der Waals surface area contributed by atoms with Crippen LogP contribution in [-0.2, 0) is 6.42 Å². The van der Waals surface area contributed by atoms with Crippen LogP contribution in [0.25, 0.3) is 11.5 Å². The summed E-state index contributed by atoms with van der Waals surface area (Å²) in [6.45, 7) is 2.48. The lowest BCUT2D eigenvalue weighted by molar-refractivity contribution is -0.0716. The average Bonchev–Trinajstić information content (AvgIpc) is 3.49. The largest absolute Gasteiger partial charge is 0.448 e. The molecule has 2 aromatic carbocycles. The van der Waals surface area contributed by atoms with Gasteiger partial charge in [-0.25, -0.2) is 9.78 Å². The fraction of sp³-hybridized carbons (Fsp3) is 0.333. The molecule has 31 heavy (non-hydrogen) atoms. The number of rotatable bonds is 5. The number of urea groups is 1. The van der Waals surface area contributed by atoms with Gasteiger partial charge < -0.3 is 24.5 Å². The maximum absolute atomic E-state index is 12.3. The Kier molecular flexibility index (Phi) is 5.02. The lowest BCUT2D eigenvalue weighted by Gasteiger charge is -2.21. The highest BCUT2D eigenvalue weighted by molar-refractivity contribution is 5.89. The number of ether oxygens (including phenoxy) is 2. The Morgan fingerprint density at radius 2 is 1.84 bits per heavy atom. The van der Waals surface area contributed by atoms with E-state index in [4.69, 9.17) is 13.9 Å². The number of benzene rings is 2. The molecule has 7 nitrogen and oxygen atoms in total. The van der Waals surface area contributed by atoms with Crippen molar-refractivity contribution in [2.45, 2.75) is 44.8 Å². The van der Waals surface area contributed by atoms with Gasteiger partial charge in [0.15, 0.2) is 11.5 Å². The molecular weight excluding hydrogens is 394 g/mol. The first-order chi connectivity index (χ1) is 15.1. The monoisotopic (exact) mass is 419 g/mol. The Bertz CT molecular complexity index is 1080. The summed E-state index contributed by atoms with van der Waals surface area (Å²) in [7, 11) is 0. The standard InChI is InChI=1S/C24H25N3O4/c1-16-4-6-17(7-5-16)22-26-19(15-29-22)10-13-25-23(28)27-18-8-9-20-21(14-18)31-24(30-20)11-2-3-12-24/h4-9,14-15H,2-3,10-13H2,1H3,(H2,25,27,28). The first kappa shape index (κ1) is 19.5. The molecule has 7 heteroatoms. The quantitative estimate of drug-likeness (QED) is 0.604. The van der Waals surface area contributed by atoms with Gasteiger partial charge in [-0.1, -0.05) is 17.7 Å². The van der Waals surface area contributed by atoms with E-state index in [1.54, 1.807) is 6.26 Å². The summed E-state index contributed by atoms with van der Waals surface area (Å²) in [5, 5.41) is 5.69. The maximum Gasteiger partial charge on any atom is 0.319 e. The van der Waals surface area contributed by atoms with Crippen LogP contribution in [0.3, 0.4) is 0 Å². The van der Waals surface area contributed by atoms with E-state index in [0.717, 1.165) is 42.7 Å². The highest BCUT2D eigenvalue weighted by Gasteiger charge is 2.44. The van der Waals surface area contributed by atoms with Gasteiger partial charge in [0.2, 0.25) is 5.89 Å². The second-order valence-electron chi connectivity index (χ2n) is 8.12. The van der Waals surface area contributed by atoms with Gasteiger partial charge >= 0.3 is 6.03 Å². The molecule has 5 rings (SSSR count). The lowest BCUT2D eigenvalue weighted by Crippen LogP contribution is -2.34. The van der Waals surface area contributed by atoms with Gasteiger partial charge in [-0.05, 0) is 44.0 Å². The number of hydrogen-bond acceptors (Lipinski definition) is 5. The molecule has 2 aliphatic rings. The van der Waals surface area contributed by atoms with Gasteiger partial charge in [-0.2, -0.15) is 0 Å². The highest BCUT2D eigenvalue weighted by atomic mass is 16.7. The van der Waals surface area contributed by atoms with E-state index in [-0.39, 0.29) is 6.03 Å². The van der Waals surface area contributed by atoms with E-state index < -0.39 is 5.79 Å². The molecule has 0 saturated heterocycles. The summed E-state index contributed by atoms with van der Waals surface area (Å²) in [4.78, 5) is 16.8. The summed E-state index contributed by atoms with van der Waals surface area (Å²) in [6.07, 6.45) is 6.23. The second kappa shape index (κ2) is 7.98. The van der Waals surface area contributed by atoms with E-state index in [1.807, 2.05) is 49.4 Å². The number of nitrogens with one attached hydrogen (secondary N) is 2. The van der Waals surface area contributed by atoms with Crippen LogP contribution in [0.1, 0.15) is 36.9 Å². The van der Waals surface area contributed by atoms with Crippen molar-refractivity contribution in [3.63, 3.8) is 0 Å². The summed E-state index contributed by atoms with van der Waals surface area (Å²) in [5.74, 6) is 1.51. The first-order valence-electron chi connectivity index (χ1n) is 10.7. The van der Waals surface area contributed by atoms with Gasteiger partial charge in [0.1, 0.15) is 6.26 Å². The topological polar surface area (TPSA) is 85.6 Å². The number of fused-ring (bicyclic) bond motifs is 1. The minimum Gasteiger partial charge on any atom is -0.448 e. The van der Waals surface area contributed by atoms with Crippen molar-refractivity contribution in [2.75, 3.05) is 11.9 Å². The summed E-state index contributed by atoms with van der Waals surface area (Å²) >= 11 is 0. The lowest BCUT2D eigenvalue weighted by atomic mass is 10.1. The van der Waals surface area contributed by atoms with Gasteiger partial charge in [0, 0.05) is 43.1 Å². The van der Waals surface area contributed by atoms with E-state index in [2.05, 4.69) is 15.6 Å². The number of aryl methyl sites for hydroxylation is 1.